The number of carbonyl (C=O) groups is 2. The van der Waals surface area contributed by atoms with Crippen molar-refractivity contribution in [3.8, 4) is 31.7 Å². The quantitative estimate of drug-likeness (QED) is 0.0232. The van der Waals surface area contributed by atoms with Crippen molar-refractivity contribution in [1.82, 2.24) is 44.8 Å². The Morgan fingerprint density at radius 3 is 1.09 bits per heavy atom. The molecule has 9 aromatic carbocycles. The summed E-state index contributed by atoms with van der Waals surface area (Å²) in [5, 5.41) is 6.63. The van der Waals surface area contributed by atoms with E-state index in [1.165, 1.54) is 157 Å². The number of hydrogen-bond acceptors (Lipinski definition) is 20. The number of aromatic nitrogens is 3. The van der Waals surface area contributed by atoms with Gasteiger partial charge in [0.05, 0.1) is 20.4 Å². The number of unbranched alkanes of at least 4 members (excludes halogenated alkanes) is 3. The first-order valence-electron chi connectivity index (χ1n) is 42.7. The van der Waals surface area contributed by atoms with Gasteiger partial charge in [-0.3, -0.25) is 9.59 Å². The summed E-state index contributed by atoms with van der Waals surface area (Å²) in [6, 6.07) is 65.7. The van der Waals surface area contributed by atoms with E-state index >= 15 is 0 Å². The van der Waals surface area contributed by atoms with Crippen LogP contribution in [-0.4, -0.2) is 237 Å². The maximum atomic E-state index is 12.1. The number of piperazine rings is 5. The molecule has 3 aromatic heterocycles. The Labute approximate surface area is 777 Å². The minimum Gasteiger partial charge on any atom is -0.398 e. The largest absolute Gasteiger partial charge is 0.398 e. The summed E-state index contributed by atoms with van der Waals surface area (Å²) in [5.41, 5.74) is 19.6. The third-order valence-corrected chi connectivity index (χ3v) is 43.8. The van der Waals surface area contributed by atoms with Crippen LogP contribution in [0, 0.1) is 9.39 Å². The third kappa shape index (κ3) is 29.6. The standard InChI is InChI=1S/C18H18BrN3S.C18H18IN3S.C18H18N3S.C12H16N2O.C7H5FO.C6H6BrNS.C5H12N2.3C4H9.CH4.Sn/c2*1-21-8-10-22(11-9-21)15-5-2-13(3-6-15)18-20-16-7-4-14(19)12-17(16)23-18;1-20-10-12-21(13-11-20)15-8-6-14(7-9-15)18-19-16-4-2-3-5-17(16)22-18;1-13-6-8-14(9-7-13)12-4-2-11(10-15)3-5-12;8-7-3-1-6(5-9)2-4-7;7-4-1-2-5(8)6(9)3-4;1-7-4-2-6-3-5-7;3*1-3-4-2;;/h2*2-7,12H,8-11H2,1H3;2,4-9H,10-13H2,1H3;2-5,10H,6-9H2,1H3;1-5H;1-3,9H,8H2;6H,2-5H2,1H3;3*1,3-4H2,2H3;1H4;. The van der Waals surface area contributed by atoms with Gasteiger partial charge in [0, 0.05) is 167 Å². The zero-order chi connectivity index (χ0) is 85.6. The van der Waals surface area contributed by atoms with Crippen LogP contribution in [-0.2, 0) is 0 Å². The molecule has 5 saturated heterocycles. The van der Waals surface area contributed by atoms with Crippen LogP contribution < -0.4 is 34.2 Å². The van der Waals surface area contributed by atoms with Crippen LogP contribution in [0.3, 0.4) is 0 Å². The molecule has 0 bridgehead atoms. The normalized spacial score (nSPS) is 15.5. The summed E-state index contributed by atoms with van der Waals surface area (Å²) in [6.07, 6.45) is 9.78. The number of fused-ring (bicyclic) bond motifs is 3. The Hall–Kier alpha value is -6.48. The van der Waals surface area contributed by atoms with Crippen molar-refractivity contribution in [2.75, 3.05) is 191 Å². The molecule has 650 valence electrons. The predicted octanol–water partition coefficient (Wildman–Crippen LogP) is 21.9. The first-order chi connectivity index (χ1) is 58.7. The minimum atomic E-state index is -2.41. The summed E-state index contributed by atoms with van der Waals surface area (Å²) in [7, 11) is 10.9. The molecule has 16 nitrogen and oxygen atoms in total. The van der Waals surface area contributed by atoms with Crippen molar-refractivity contribution in [2.24, 2.45) is 0 Å². The van der Waals surface area contributed by atoms with Gasteiger partial charge >= 0.3 is 211 Å². The number of anilines is 5. The van der Waals surface area contributed by atoms with Crippen LogP contribution in [0.1, 0.15) is 87.4 Å². The molecule has 8 heterocycles. The summed E-state index contributed by atoms with van der Waals surface area (Å²) in [5.74, 6) is -0.319. The fourth-order valence-corrected chi connectivity index (χ4v) is 36.3. The molecule has 122 heavy (non-hydrogen) atoms. The van der Waals surface area contributed by atoms with Gasteiger partial charge < -0.3 is 50.2 Å². The number of nitrogen functional groups attached to an aromatic ring is 1. The molecule has 0 amide bonds. The minimum absolute atomic E-state index is 0. The van der Waals surface area contributed by atoms with Gasteiger partial charge in [-0.25, -0.2) is 14.4 Å². The molecule has 3 N–H and O–H groups in total. The zero-order valence-corrected chi connectivity index (χ0v) is 83.1. The Morgan fingerprint density at radius 2 is 0.746 bits per heavy atom. The number of likely N-dealkylation sites (N-methyl/N-ethyl adjacent to an activating group) is 5. The monoisotopic (exact) mass is 2070 g/mol. The molecule has 0 saturated carbocycles. The number of thiazole rings is 3. The maximum Gasteiger partial charge on any atom is 0.150 e. The van der Waals surface area contributed by atoms with Gasteiger partial charge in [0.2, 0.25) is 0 Å². The molecule has 0 atom stereocenters. The molecular weight excluding hydrogens is 1950 g/mol. The summed E-state index contributed by atoms with van der Waals surface area (Å²) in [4.78, 5) is 57.5. The number of carbonyl (C=O) groups excluding carboxylic acids is 2. The Bertz CT molecular complexity index is 4970. The van der Waals surface area contributed by atoms with Gasteiger partial charge in [0.25, 0.3) is 0 Å². The van der Waals surface area contributed by atoms with Gasteiger partial charge in [-0.15, -0.1) is 35.3 Å². The van der Waals surface area contributed by atoms with E-state index in [1.807, 2.05) is 59.9 Å². The van der Waals surface area contributed by atoms with Crippen molar-refractivity contribution >= 4 is 195 Å². The number of aldehydes is 2. The zero-order valence-electron chi connectivity index (χ0n) is 71.6. The van der Waals surface area contributed by atoms with Gasteiger partial charge in [-0.1, -0.05) is 39.3 Å². The van der Waals surface area contributed by atoms with Crippen LogP contribution in [0.4, 0.5) is 32.8 Å². The SMILES string of the molecule is C.CCC[CH2][Sn]([CH2]CCC)([CH2]CCC)[c]1ccc2nc(-c3ccc(N4CCN(C)CC4)cc3)sc2c1.CN1CCN(c2ccc(-c3nc4ccc(Br)cc4s3)cc2)CC1.CN1CCN(c2ccc(-c3nc4ccc(I)cc4s3)cc2)CC1.CN1CCN(c2ccc(C=O)cc2)CC1.CN1CCNCC1.Nc1ccc(Br)cc1S.O=Cc1ccc(F)cc1. The number of halogens is 4. The fourth-order valence-electron chi connectivity index (χ4n) is 15.1. The molecule has 12 aromatic rings. The van der Waals surface area contributed by atoms with Crippen LogP contribution in [0.15, 0.2) is 208 Å². The third-order valence-electron chi connectivity index (χ3n) is 22.9. The average Bonchev–Trinajstić information content (AvgIpc) is 1.58. The summed E-state index contributed by atoms with van der Waals surface area (Å²) in [6.45, 7) is 29.7. The van der Waals surface area contributed by atoms with E-state index in [2.05, 4.69) is 294 Å². The maximum absolute atomic E-state index is 12.1. The predicted molar refractivity (Wildman–Crippen MR) is 545 cm³/mol. The van der Waals surface area contributed by atoms with Crippen LogP contribution in [0.2, 0.25) is 13.3 Å². The first kappa shape index (κ1) is 97.7. The van der Waals surface area contributed by atoms with Crippen molar-refractivity contribution < 1.29 is 14.0 Å². The Morgan fingerprint density at radius 1 is 0.426 bits per heavy atom. The topological polar surface area (TPSA) is 140 Å². The van der Waals surface area contributed by atoms with Gasteiger partial charge in [0.1, 0.15) is 28.4 Å². The molecule has 25 heteroatoms. The van der Waals surface area contributed by atoms with E-state index in [4.69, 9.17) is 20.7 Å². The number of hydrogen-bond donors (Lipinski definition) is 3. The number of thiol groups is 1. The second kappa shape index (κ2) is 50.2. The Balaban J connectivity index is 0.000000159. The molecule has 0 aliphatic carbocycles. The van der Waals surface area contributed by atoms with Gasteiger partial charge in [-0.05, 0) is 209 Å². The molecule has 0 spiro atoms. The number of rotatable bonds is 19. The van der Waals surface area contributed by atoms with Crippen molar-refractivity contribution in [1.29, 1.82) is 0 Å². The van der Waals surface area contributed by atoms with E-state index in [-0.39, 0.29) is 13.2 Å². The summed E-state index contributed by atoms with van der Waals surface area (Å²) < 4.78 is 25.7. The molecular formula is C97H124Br2FIN14O2S4Sn. The van der Waals surface area contributed by atoms with Crippen LogP contribution in [0.25, 0.3) is 62.4 Å². The second-order valence-electron chi connectivity index (χ2n) is 32.0. The van der Waals surface area contributed by atoms with E-state index in [9.17, 15) is 14.0 Å². The molecule has 5 aliphatic heterocycles. The number of nitrogens with zero attached hydrogens (tertiary/aromatic N) is 12. The van der Waals surface area contributed by atoms with Crippen molar-refractivity contribution in [3.63, 3.8) is 0 Å². The van der Waals surface area contributed by atoms with E-state index in [0.717, 1.165) is 165 Å². The molecule has 17 rings (SSSR count). The fraction of sp³-hybridized carbons (Fsp3) is 0.392. The second-order valence-corrected chi connectivity index (χ2v) is 51.9. The number of benzene rings is 9. The van der Waals surface area contributed by atoms with Crippen molar-refractivity contribution in [2.45, 2.75) is 84.9 Å². The van der Waals surface area contributed by atoms with E-state index in [1.54, 1.807) is 26.3 Å². The first-order valence-corrected chi connectivity index (χ1v) is 55.7. The number of nitrogens with one attached hydrogen (secondary N) is 1. The van der Waals surface area contributed by atoms with Crippen molar-refractivity contribution in [3.05, 3.63) is 224 Å². The van der Waals surface area contributed by atoms with Gasteiger partial charge in [0.15, 0.2) is 0 Å². The van der Waals surface area contributed by atoms with E-state index in [0.29, 0.717) is 17.5 Å². The molecule has 5 aliphatic rings. The summed E-state index contributed by atoms with van der Waals surface area (Å²) >= 11 is 16.3. The number of nitrogens with two attached hydrogens (primary N) is 1. The van der Waals surface area contributed by atoms with Crippen LogP contribution >= 0.6 is 101 Å². The molecule has 5 fully saturated rings. The smallest absolute Gasteiger partial charge is 0.150 e. The molecule has 0 unspecified atom stereocenters. The van der Waals surface area contributed by atoms with Gasteiger partial charge in [-0.2, -0.15) is 0 Å². The van der Waals surface area contributed by atoms with Crippen LogP contribution in [0.5, 0.6) is 0 Å². The average molecular weight is 2070 g/mol. The van der Waals surface area contributed by atoms with E-state index < -0.39 is 18.4 Å². The Kier molecular flexibility index (Phi) is 40.2. The molecule has 0 radical (unpaired) electrons.